The highest BCUT2D eigenvalue weighted by molar-refractivity contribution is 5.53. The Labute approximate surface area is 93.6 Å². The molecule has 0 aromatic heterocycles. The maximum Gasteiger partial charge on any atom is 0.123 e. The van der Waals surface area contributed by atoms with Gasteiger partial charge >= 0.3 is 0 Å². The fraction of sp³-hybridized carbons (Fsp3) is 0.929. The molecule has 2 rings (SSSR count). The van der Waals surface area contributed by atoms with Gasteiger partial charge in [0.05, 0.1) is 0 Å². The van der Waals surface area contributed by atoms with E-state index in [2.05, 4.69) is 6.92 Å². The summed E-state index contributed by atoms with van der Waals surface area (Å²) in [4.78, 5) is 10.7. The van der Waals surface area contributed by atoms with E-state index in [4.69, 9.17) is 0 Å². The van der Waals surface area contributed by atoms with Gasteiger partial charge in [-0.3, -0.25) is 0 Å². The van der Waals surface area contributed by atoms with E-state index in [0.29, 0.717) is 5.92 Å². The SMILES string of the molecule is CC1CCCC(C2CCC(C=O)CC2)C1. The van der Waals surface area contributed by atoms with E-state index in [1.807, 2.05) is 0 Å². The van der Waals surface area contributed by atoms with Crippen LogP contribution in [-0.2, 0) is 4.79 Å². The van der Waals surface area contributed by atoms with Gasteiger partial charge in [0, 0.05) is 5.92 Å². The molecule has 0 aromatic rings. The fourth-order valence-corrected chi connectivity index (χ4v) is 3.66. The Hall–Kier alpha value is -0.330. The van der Waals surface area contributed by atoms with Crippen molar-refractivity contribution < 1.29 is 4.79 Å². The van der Waals surface area contributed by atoms with Crippen LogP contribution in [0.3, 0.4) is 0 Å². The van der Waals surface area contributed by atoms with E-state index in [1.54, 1.807) is 0 Å². The Bertz CT molecular complexity index is 203. The van der Waals surface area contributed by atoms with Crippen molar-refractivity contribution in [3.05, 3.63) is 0 Å². The molecule has 2 aliphatic carbocycles. The summed E-state index contributed by atoms with van der Waals surface area (Å²) in [6.45, 7) is 2.41. The van der Waals surface area contributed by atoms with Crippen molar-refractivity contribution in [1.82, 2.24) is 0 Å². The molecule has 2 fully saturated rings. The zero-order valence-electron chi connectivity index (χ0n) is 9.95. The van der Waals surface area contributed by atoms with Gasteiger partial charge in [-0.15, -0.1) is 0 Å². The molecule has 2 aliphatic rings. The first kappa shape index (κ1) is 11.2. The molecule has 0 heterocycles. The van der Waals surface area contributed by atoms with Crippen LogP contribution in [0.25, 0.3) is 0 Å². The van der Waals surface area contributed by atoms with Crippen molar-refractivity contribution in [3.63, 3.8) is 0 Å². The van der Waals surface area contributed by atoms with Crippen LogP contribution in [0.5, 0.6) is 0 Å². The summed E-state index contributed by atoms with van der Waals surface area (Å²) in [6, 6.07) is 0. The molecule has 2 atom stereocenters. The molecule has 0 radical (unpaired) electrons. The summed E-state index contributed by atoms with van der Waals surface area (Å²) in [5, 5.41) is 0. The van der Waals surface area contributed by atoms with E-state index in [9.17, 15) is 4.79 Å². The van der Waals surface area contributed by atoms with Gasteiger partial charge in [0.15, 0.2) is 0 Å². The quantitative estimate of drug-likeness (QED) is 0.630. The van der Waals surface area contributed by atoms with Crippen LogP contribution >= 0.6 is 0 Å². The van der Waals surface area contributed by atoms with E-state index in [0.717, 1.165) is 17.8 Å². The second kappa shape index (κ2) is 5.14. The third kappa shape index (κ3) is 2.83. The van der Waals surface area contributed by atoms with Crippen LogP contribution in [0.2, 0.25) is 0 Å². The van der Waals surface area contributed by atoms with Crippen LogP contribution in [0.1, 0.15) is 58.3 Å². The van der Waals surface area contributed by atoms with Gasteiger partial charge in [-0.05, 0) is 49.9 Å². The van der Waals surface area contributed by atoms with Crippen molar-refractivity contribution in [2.75, 3.05) is 0 Å². The molecule has 15 heavy (non-hydrogen) atoms. The first-order valence-electron chi connectivity index (χ1n) is 6.75. The summed E-state index contributed by atoms with van der Waals surface area (Å²) < 4.78 is 0. The van der Waals surface area contributed by atoms with Gasteiger partial charge in [0.2, 0.25) is 0 Å². The Morgan fingerprint density at radius 1 is 0.933 bits per heavy atom. The zero-order valence-corrected chi connectivity index (χ0v) is 9.95. The standard InChI is InChI=1S/C14H24O/c1-11-3-2-4-14(9-11)13-7-5-12(10-15)6-8-13/h10-14H,2-9H2,1H3. The van der Waals surface area contributed by atoms with Crippen LogP contribution in [-0.4, -0.2) is 6.29 Å². The second-order valence-corrected chi connectivity index (χ2v) is 5.84. The molecule has 0 N–H and O–H groups in total. The predicted octanol–water partition coefficient (Wildman–Crippen LogP) is 3.82. The van der Waals surface area contributed by atoms with Crippen molar-refractivity contribution in [2.45, 2.75) is 58.3 Å². The largest absolute Gasteiger partial charge is 0.303 e. The maximum absolute atomic E-state index is 10.7. The minimum Gasteiger partial charge on any atom is -0.303 e. The van der Waals surface area contributed by atoms with Gasteiger partial charge in [-0.25, -0.2) is 0 Å². The molecule has 0 saturated heterocycles. The second-order valence-electron chi connectivity index (χ2n) is 5.84. The Balaban J connectivity index is 1.81. The number of carbonyl (C=O) groups excluding carboxylic acids is 1. The van der Waals surface area contributed by atoms with Crippen LogP contribution in [0, 0.1) is 23.7 Å². The van der Waals surface area contributed by atoms with Gasteiger partial charge in [0.1, 0.15) is 6.29 Å². The Morgan fingerprint density at radius 2 is 1.67 bits per heavy atom. The molecule has 0 bridgehead atoms. The summed E-state index contributed by atoms with van der Waals surface area (Å²) in [7, 11) is 0. The lowest BCUT2D eigenvalue weighted by Gasteiger charge is -2.36. The average Bonchev–Trinajstić information content (AvgIpc) is 2.29. The van der Waals surface area contributed by atoms with Gasteiger partial charge < -0.3 is 4.79 Å². The number of hydrogen-bond acceptors (Lipinski definition) is 1. The first-order valence-corrected chi connectivity index (χ1v) is 6.75. The van der Waals surface area contributed by atoms with Gasteiger partial charge in [-0.1, -0.05) is 26.2 Å². The molecule has 1 nitrogen and oxygen atoms in total. The highest BCUT2D eigenvalue weighted by Crippen LogP contribution is 2.40. The maximum atomic E-state index is 10.7. The third-order valence-electron chi connectivity index (χ3n) is 4.65. The van der Waals surface area contributed by atoms with E-state index in [1.165, 1.54) is 57.7 Å². The van der Waals surface area contributed by atoms with Gasteiger partial charge in [0.25, 0.3) is 0 Å². The van der Waals surface area contributed by atoms with E-state index >= 15 is 0 Å². The summed E-state index contributed by atoms with van der Waals surface area (Å²) in [5.41, 5.74) is 0. The number of rotatable bonds is 2. The molecule has 2 unspecified atom stereocenters. The van der Waals surface area contributed by atoms with E-state index < -0.39 is 0 Å². The number of hydrogen-bond donors (Lipinski definition) is 0. The van der Waals surface area contributed by atoms with E-state index in [-0.39, 0.29) is 0 Å². The lowest BCUT2D eigenvalue weighted by molar-refractivity contribution is -0.112. The molecule has 1 heteroatoms. The Morgan fingerprint density at radius 3 is 2.27 bits per heavy atom. The van der Waals surface area contributed by atoms with Crippen LogP contribution < -0.4 is 0 Å². The van der Waals surface area contributed by atoms with Crippen LogP contribution in [0.4, 0.5) is 0 Å². The van der Waals surface area contributed by atoms with Crippen LogP contribution in [0.15, 0.2) is 0 Å². The normalized spacial score (nSPS) is 42.5. The predicted molar refractivity (Wildman–Crippen MR) is 62.6 cm³/mol. The summed E-state index contributed by atoms with van der Waals surface area (Å²) in [6.07, 6.45) is 12.0. The molecular formula is C14H24O. The molecule has 0 amide bonds. The Kier molecular flexibility index (Phi) is 3.82. The van der Waals surface area contributed by atoms with Crippen molar-refractivity contribution >= 4 is 6.29 Å². The van der Waals surface area contributed by atoms with Gasteiger partial charge in [-0.2, -0.15) is 0 Å². The number of carbonyl (C=O) groups is 1. The molecule has 0 aliphatic heterocycles. The minimum absolute atomic E-state index is 0.391. The fourth-order valence-electron chi connectivity index (χ4n) is 3.66. The zero-order chi connectivity index (χ0) is 10.7. The topological polar surface area (TPSA) is 17.1 Å². The summed E-state index contributed by atoms with van der Waals surface area (Å²) in [5.74, 6) is 3.28. The lowest BCUT2D eigenvalue weighted by Crippen LogP contribution is -2.26. The minimum atomic E-state index is 0.391. The number of aldehydes is 1. The highest BCUT2D eigenvalue weighted by Gasteiger charge is 2.29. The smallest absolute Gasteiger partial charge is 0.123 e. The molecule has 86 valence electrons. The first-order chi connectivity index (χ1) is 7.29. The molecule has 2 saturated carbocycles. The third-order valence-corrected chi connectivity index (χ3v) is 4.65. The van der Waals surface area contributed by atoms with Crippen molar-refractivity contribution in [2.24, 2.45) is 23.7 Å². The molecule has 0 spiro atoms. The monoisotopic (exact) mass is 208 g/mol. The lowest BCUT2D eigenvalue weighted by atomic mass is 9.69. The van der Waals surface area contributed by atoms with Crippen molar-refractivity contribution in [1.29, 1.82) is 0 Å². The summed E-state index contributed by atoms with van der Waals surface area (Å²) >= 11 is 0. The molecular weight excluding hydrogens is 184 g/mol. The molecule has 0 aromatic carbocycles. The van der Waals surface area contributed by atoms with Crippen molar-refractivity contribution in [3.8, 4) is 0 Å². The highest BCUT2D eigenvalue weighted by atomic mass is 16.1. The average molecular weight is 208 g/mol.